The molecule has 123 heavy (non-hydrogen) atoms. The van der Waals surface area contributed by atoms with Gasteiger partial charge in [-0.15, -0.1) is 0 Å². The Morgan fingerprint density at radius 1 is 0.195 bits per heavy atom. The second-order valence-corrected chi connectivity index (χ2v) is 21.7. The molecule has 0 aliphatic carbocycles. The number of carbonyl (C=O) groups excluding carboxylic acids is 12. The van der Waals surface area contributed by atoms with Crippen LogP contribution in [0.15, 0.2) is 293 Å². The number of aromatic nitrogens is 6. The number of amides is 6. The molecular weight excluding hydrogens is 1760 g/mol. The summed E-state index contributed by atoms with van der Waals surface area (Å²) in [5, 5.41) is 61.5. The third-order valence-electron chi connectivity index (χ3n) is 13.6. The van der Waals surface area contributed by atoms with E-state index >= 15 is 0 Å². The average molecular weight is 1840 g/mol. The van der Waals surface area contributed by atoms with E-state index in [9.17, 15) is 88.2 Å². The van der Waals surface area contributed by atoms with Crippen LogP contribution in [0.5, 0.6) is 34.5 Å². The van der Waals surface area contributed by atoms with E-state index < -0.39 is 71.3 Å². The van der Waals surface area contributed by atoms with Gasteiger partial charge in [0.25, 0.3) is 0 Å². The zero-order valence-corrected chi connectivity index (χ0v) is 75.7. The van der Waals surface area contributed by atoms with Crippen molar-refractivity contribution in [2.75, 3.05) is 42.7 Å². The Hall–Kier alpha value is -15.5. The van der Waals surface area contributed by atoms with Crippen molar-refractivity contribution in [1.29, 1.82) is 0 Å². The minimum Gasteiger partial charge on any atom is -0.545 e. The molecule has 0 spiro atoms. The number of carboxylic acids is 6. The van der Waals surface area contributed by atoms with Crippen LogP contribution in [-0.2, 0) is 58.4 Å². The number of ether oxygens (including phenoxy) is 6. The van der Waals surface area contributed by atoms with Crippen LogP contribution in [-0.4, -0.2) is 144 Å². The number of pyridine rings is 6. The van der Waals surface area contributed by atoms with Gasteiger partial charge < -0.3 is 122 Å². The predicted octanol–water partition coefficient (Wildman–Crippen LogP) is 1.43. The maximum absolute atomic E-state index is 10.4. The normalized spacial score (nSPS) is 8.83. The van der Waals surface area contributed by atoms with Crippen LogP contribution < -0.4 is 93.5 Å². The Morgan fingerprint density at radius 3 is 0.358 bits per heavy atom. The van der Waals surface area contributed by atoms with E-state index in [1.807, 2.05) is 0 Å². The fourth-order valence-electron chi connectivity index (χ4n) is 7.41. The number of carbonyl (C=O) groups is 12. The maximum atomic E-state index is 10.4. The monoisotopic (exact) mass is 1830 g/mol. The van der Waals surface area contributed by atoms with Crippen LogP contribution in [0.1, 0.15) is 124 Å². The Kier molecular flexibility index (Phi) is 59.5. The van der Waals surface area contributed by atoms with Gasteiger partial charge in [0.15, 0.2) is 0 Å². The number of methoxy groups -OCH3 is 6. The molecule has 0 aliphatic heterocycles. The van der Waals surface area contributed by atoms with Gasteiger partial charge >= 0.3 is 58.4 Å². The van der Waals surface area contributed by atoms with E-state index in [0.29, 0.717) is 67.9 Å². The summed E-state index contributed by atoms with van der Waals surface area (Å²) >= 11 is 0. The fraction of sp³-hybridized carbons (Fsp3) is 0.0714. The number of hydrogen-bond acceptors (Lipinski definition) is 30. The summed E-state index contributed by atoms with van der Waals surface area (Å²) in [6, 6.07) is 55.9. The summed E-state index contributed by atoms with van der Waals surface area (Å²) in [5.74, 6) is -5.88. The molecule has 624 valence electrons. The molecule has 0 bridgehead atoms. The molecule has 0 atom stereocenters. The number of primary amides is 6. The largest absolute Gasteiger partial charge is 2.00 e. The van der Waals surface area contributed by atoms with E-state index in [4.69, 9.17) is 62.8 Å². The summed E-state index contributed by atoms with van der Waals surface area (Å²) in [4.78, 5) is 146. The Morgan fingerprint density at radius 2 is 0.301 bits per heavy atom. The van der Waals surface area contributed by atoms with Gasteiger partial charge in [-0.25, -0.2) is 0 Å². The van der Waals surface area contributed by atoms with Crippen molar-refractivity contribution in [2.24, 2.45) is 34.4 Å². The molecule has 12 rings (SSSR count). The van der Waals surface area contributed by atoms with Gasteiger partial charge in [-0.2, -0.15) is 0 Å². The van der Waals surface area contributed by atoms with Gasteiger partial charge in [-0.3, -0.25) is 58.7 Å². The zero-order chi connectivity index (χ0) is 89.7. The van der Waals surface area contributed by atoms with Crippen molar-refractivity contribution in [3.63, 3.8) is 0 Å². The number of rotatable bonds is 18. The van der Waals surface area contributed by atoms with Gasteiger partial charge in [0.2, 0.25) is 35.4 Å². The molecule has 12 N–H and O–H groups in total. The molecular formula is C84H78N12O24Zn3. The summed E-state index contributed by atoms with van der Waals surface area (Å²) in [5.41, 5.74) is 33.2. The van der Waals surface area contributed by atoms with E-state index in [2.05, 4.69) is 29.9 Å². The van der Waals surface area contributed by atoms with E-state index in [0.717, 1.165) is 0 Å². The first-order valence-corrected chi connectivity index (χ1v) is 33.6. The molecule has 6 heterocycles. The van der Waals surface area contributed by atoms with Crippen molar-refractivity contribution in [3.8, 4) is 34.5 Å². The van der Waals surface area contributed by atoms with Crippen molar-refractivity contribution < 1.29 is 175 Å². The smallest absolute Gasteiger partial charge is 0.545 e. The Bertz CT molecular complexity index is 4260. The maximum Gasteiger partial charge on any atom is 2.00 e. The summed E-state index contributed by atoms with van der Waals surface area (Å²) in [6.07, 6.45) is 18.1. The molecule has 6 amide bonds. The van der Waals surface area contributed by atoms with Gasteiger partial charge in [-0.05, 0) is 252 Å². The number of carboxylic acid groups (broad SMARTS) is 6. The standard InChI is InChI=1S/6C8H8O3.6C6H6N2O.3Zn/c6*1-11-7-4-2-6(3-5-7)8(9)10;6*7-6(9)5-2-1-3-8-4-5;;;/h6*2-5H,1H3,(H,9,10);6*1-4H,(H2,7,9);;;/q;;;;;;;;;;;;3*+2/p-6. The summed E-state index contributed by atoms with van der Waals surface area (Å²) < 4.78 is 29.0. The first-order valence-electron chi connectivity index (χ1n) is 33.6. The molecule has 36 nitrogen and oxygen atoms in total. The summed E-state index contributed by atoms with van der Waals surface area (Å²) in [7, 11) is 9.13. The number of hydrogen-bond donors (Lipinski definition) is 6. The third-order valence-corrected chi connectivity index (χ3v) is 13.6. The van der Waals surface area contributed by atoms with Crippen LogP contribution >= 0.6 is 0 Å². The van der Waals surface area contributed by atoms with Crippen LogP contribution in [0.2, 0.25) is 0 Å². The molecule has 6 aromatic heterocycles. The van der Waals surface area contributed by atoms with Crippen LogP contribution in [0.3, 0.4) is 0 Å². The second kappa shape index (κ2) is 65.6. The number of benzene rings is 6. The zero-order valence-electron chi connectivity index (χ0n) is 66.8. The first kappa shape index (κ1) is 112. The number of aromatic carboxylic acids is 6. The minimum atomic E-state index is -1.17. The number of nitrogens with two attached hydrogens (primary N) is 6. The van der Waals surface area contributed by atoms with Crippen LogP contribution in [0.25, 0.3) is 0 Å². The van der Waals surface area contributed by atoms with Gasteiger partial charge in [0.05, 0.1) is 112 Å². The Balaban J connectivity index is -0.00000128. The average Bonchev–Trinajstić information content (AvgIpc) is 0.910. The topological polar surface area (TPSA) is 632 Å². The van der Waals surface area contributed by atoms with E-state index in [1.165, 1.54) is 153 Å². The quantitative estimate of drug-likeness (QED) is 0.0662. The predicted molar refractivity (Wildman–Crippen MR) is 420 cm³/mol. The molecule has 0 radical (unpaired) electrons. The van der Waals surface area contributed by atoms with Crippen LogP contribution in [0, 0.1) is 0 Å². The van der Waals surface area contributed by atoms with Crippen molar-refractivity contribution in [3.05, 3.63) is 360 Å². The molecule has 0 saturated heterocycles. The molecule has 6 aromatic carbocycles. The van der Waals surface area contributed by atoms with Crippen LogP contribution in [0.4, 0.5) is 0 Å². The van der Waals surface area contributed by atoms with Crippen molar-refractivity contribution in [2.45, 2.75) is 0 Å². The van der Waals surface area contributed by atoms with E-state index in [1.54, 1.807) is 183 Å². The first-order chi connectivity index (χ1) is 57.2. The molecule has 12 aromatic rings. The molecule has 0 aliphatic rings. The number of nitrogens with zero attached hydrogens (tertiary/aromatic N) is 6. The van der Waals surface area contributed by atoms with E-state index in [-0.39, 0.29) is 91.8 Å². The van der Waals surface area contributed by atoms with Crippen molar-refractivity contribution in [1.82, 2.24) is 29.9 Å². The van der Waals surface area contributed by atoms with Gasteiger partial charge in [-0.1, -0.05) is 0 Å². The second-order valence-electron chi connectivity index (χ2n) is 21.7. The molecule has 39 heteroatoms. The van der Waals surface area contributed by atoms with Crippen molar-refractivity contribution >= 4 is 71.3 Å². The molecule has 0 unspecified atom stereocenters. The summed E-state index contributed by atoms with van der Waals surface area (Å²) in [6.45, 7) is 0. The minimum absolute atomic E-state index is 0. The van der Waals surface area contributed by atoms with Gasteiger partial charge in [0, 0.05) is 74.4 Å². The third kappa shape index (κ3) is 50.0. The fourth-order valence-corrected chi connectivity index (χ4v) is 7.41. The Labute approximate surface area is 742 Å². The SMILES string of the molecule is COc1ccc(C(=O)[O-])cc1.COc1ccc(C(=O)[O-])cc1.COc1ccc(C(=O)[O-])cc1.COc1ccc(C(=O)[O-])cc1.COc1ccc(C(=O)[O-])cc1.COc1ccc(C(=O)[O-])cc1.NC(=O)c1cccnc1.NC(=O)c1cccnc1.NC(=O)c1cccnc1.NC(=O)c1cccnc1.NC(=O)c1cccnc1.NC(=O)c1cccnc1.[Zn+2].[Zn+2].[Zn+2]. The molecule has 0 fully saturated rings. The molecule has 0 saturated carbocycles. The van der Waals surface area contributed by atoms with Gasteiger partial charge in [0.1, 0.15) is 34.5 Å².